The summed E-state index contributed by atoms with van der Waals surface area (Å²) in [6.45, 7) is 0. The summed E-state index contributed by atoms with van der Waals surface area (Å²) in [6, 6.07) is 0.200. The average Bonchev–Trinajstić information content (AvgIpc) is 2.94. The van der Waals surface area contributed by atoms with Crippen LogP contribution in [0.4, 0.5) is 5.00 Å². The zero-order valence-electron chi connectivity index (χ0n) is 18.0. The first-order chi connectivity index (χ1) is 15.0. The number of allylic oxidation sites excluding steroid dienone is 2. The summed E-state index contributed by atoms with van der Waals surface area (Å²) in [5.41, 5.74) is 1.71. The van der Waals surface area contributed by atoms with Gasteiger partial charge in [-0.05, 0) is 56.9 Å². The van der Waals surface area contributed by atoms with E-state index in [9.17, 15) is 19.5 Å². The number of hydrogen-bond donors (Lipinski definition) is 3. The van der Waals surface area contributed by atoms with Crippen LogP contribution in [0.15, 0.2) is 12.2 Å². The fourth-order valence-electron chi connectivity index (χ4n) is 5.16. The molecule has 0 saturated heterocycles. The van der Waals surface area contributed by atoms with Crippen LogP contribution in [0.1, 0.15) is 85.0 Å². The van der Waals surface area contributed by atoms with Gasteiger partial charge in [0.15, 0.2) is 0 Å². The van der Waals surface area contributed by atoms with Crippen molar-refractivity contribution in [1.82, 2.24) is 5.32 Å². The number of aliphatic carboxylic acids is 1. The van der Waals surface area contributed by atoms with Crippen molar-refractivity contribution in [3.05, 3.63) is 28.2 Å². The van der Waals surface area contributed by atoms with Crippen LogP contribution in [0.3, 0.4) is 0 Å². The molecule has 6 nitrogen and oxygen atoms in total. The highest BCUT2D eigenvalue weighted by atomic mass is 32.1. The molecule has 3 aliphatic carbocycles. The Kier molecular flexibility index (Phi) is 7.10. The van der Waals surface area contributed by atoms with Crippen LogP contribution in [0.25, 0.3) is 0 Å². The molecule has 3 aliphatic rings. The maximum Gasteiger partial charge on any atom is 0.307 e. The second kappa shape index (κ2) is 9.98. The Morgan fingerprint density at radius 2 is 1.58 bits per heavy atom. The zero-order valence-corrected chi connectivity index (χ0v) is 18.8. The molecule has 2 atom stereocenters. The van der Waals surface area contributed by atoms with E-state index in [4.69, 9.17) is 0 Å². The number of anilines is 1. The van der Waals surface area contributed by atoms with Crippen molar-refractivity contribution in [3.63, 3.8) is 0 Å². The molecule has 1 fully saturated rings. The van der Waals surface area contributed by atoms with Gasteiger partial charge in [-0.1, -0.05) is 37.8 Å². The Morgan fingerprint density at radius 3 is 2.32 bits per heavy atom. The van der Waals surface area contributed by atoms with Crippen LogP contribution in [0.5, 0.6) is 0 Å². The molecule has 31 heavy (non-hydrogen) atoms. The largest absolute Gasteiger partial charge is 0.481 e. The summed E-state index contributed by atoms with van der Waals surface area (Å²) < 4.78 is 0. The molecular weight excluding hydrogens is 412 g/mol. The van der Waals surface area contributed by atoms with Gasteiger partial charge in [0.05, 0.1) is 17.4 Å². The monoisotopic (exact) mass is 444 g/mol. The van der Waals surface area contributed by atoms with Gasteiger partial charge in [0.2, 0.25) is 5.91 Å². The van der Waals surface area contributed by atoms with Crippen LogP contribution in [0, 0.1) is 11.8 Å². The van der Waals surface area contributed by atoms with Gasteiger partial charge in [0.1, 0.15) is 5.00 Å². The first kappa shape index (κ1) is 22.1. The summed E-state index contributed by atoms with van der Waals surface area (Å²) in [7, 11) is 0. The van der Waals surface area contributed by atoms with Gasteiger partial charge < -0.3 is 15.7 Å². The van der Waals surface area contributed by atoms with Crippen molar-refractivity contribution < 1.29 is 19.5 Å². The van der Waals surface area contributed by atoms with Crippen molar-refractivity contribution >= 4 is 34.1 Å². The second-order valence-electron chi connectivity index (χ2n) is 9.06. The van der Waals surface area contributed by atoms with E-state index in [-0.39, 0.29) is 17.9 Å². The summed E-state index contributed by atoms with van der Waals surface area (Å²) in [6.07, 6.45) is 15.1. The van der Waals surface area contributed by atoms with E-state index in [2.05, 4.69) is 10.6 Å². The molecule has 2 unspecified atom stereocenters. The maximum atomic E-state index is 13.3. The predicted octanol–water partition coefficient (Wildman–Crippen LogP) is 4.69. The summed E-state index contributed by atoms with van der Waals surface area (Å²) >= 11 is 1.51. The van der Waals surface area contributed by atoms with Crippen molar-refractivity contribution in [3.8, 4) is 0 Å². The molecule has 1 aromatic rings. The fourth-order valence-corrected chi connectivity index (χ4v) is 6.45. The third-order valence-electron chi connectivity index (χ3n) is 6.91. The van der Waals surface area contributed by atoms with Crippen LogP contribution >= 0.6 is 11.3 Å². The van der Waals surface area contributed by atoms with E-state index in [1.165, 1.54) is 22.6 Å². The maximum absolute atomic E-state index is 13.3. The Labute approximate surface area is 187 Å². The first-order valence-corrected chi connectivity index (χ1v) is 12.5. The van der Waals surface area contributed by atoms with Crippen molar-refractivity contribution in [2.75, 3.05) is 5.32 Å². The molecule has 1 aromatic heterocycles. The molecule has 3 N–H and O–H groups in total. The smallest absolute Gasteiger partial charge is 0.307 e. The number of amides is 2. The van der Waals surface area contributed by atoms with Gasteiger partial charge >= 0.3 is 5.97 Å². The number of aryl methyl sites for hydroxylation is 1. The lowest BCUT2D eigenvalue weighted by molar-refractivity contribution is -0.146. The predicted molar refractivity (Wildman–Crippen MR) is 122 cm³/mol. The molecular formula is C24H32N2O4S. The third-order valence-corrected chi connectivity index (χ3v) is 8.12. The molecule has 7 heteroatoms. The lowest BCUT2D eigenvalue weighted by atomic mass is 9.82. The molecule has 0 radical (unpaired) electrons. The fraction of sp³-hybridized carbons (Fsp3) is 0.625. The molecule has 168 valence electrons. The first-order valence-electron chi connectivity index (χ1n) is 11.7. The van der Waals surface area contributed by atoms with Gasteiger partial charge in [-0.15, -0.1) is 11.3 Å². The summed E-state index contributed by atoms with van der Waals surface area (Å²) in [5.74, 6) is -2.65. The van der Waals surface area contributed by atoms with Gasteiger partial charge in [-0.3, -0.25) is 14.4 Å². The van der Waals surface area contributed by atoms with Crippen LogP contribution in [-0.4, -0.2) is 28.9 Å². The number of nitrogens with one attached hydrogen (secondary N) is 2. The average molecular weight is 445 g/mol. The second-order valence-corrected chi connectivity index (χ2v) is 10.2. The van der Waals surface area contributed by atoms with Gasteiger partial charge in [-0.2, -0.15) is 0 Å². The highest BCUT2D eigenvalue weighted by molar-refractivity contribution is 7.17. The van der Waals surface area contributed by atoms with E-state index >= 15 is 0 Å². The lowest BCUT2D eigenvalue weighted by Gasteiger charge is -2.25. The van der Waals surface area contributed by atoms with Crippen LogP contribution in [0.2, 0.25) is 0 Å². The normalized spacial score (nSPS) is 24.1. The minimum absolute atomic E-state index is 0.0834. The highest BCUT2D eigenvalue weighted by Gasteiger charge is 2.35. The number of rotatable bonds is 5. The zero-order chi connectivity index (χ0) is 21.8. The Morgan fingerprint density at radius 1 is 0.903 bits per heavy atom. The number of fused-ring (bicyclic) bond motifs is 1. The quantitative estimate of drug-likeness (QED) is 0.454. The SMILES string of the molecule is O=C(NC1CCCCC1)c1c(NC(=O)C2CC=CCC2C(=O)O)sc2c1CCCCC2. The Balaban J connectivity index is 1.59. The Hall–Kier alpha value is -2.15. The van der Waals surface area contributed by atoms with Crippen LogP contribution < -0.4 is 10.6 Å². The minimum atomic E-state index is -0.943. The standard InChI is InChI=1S/C24H32N2O4S/c27-21(16-11-7-8-12-17(16)24(29)30)26-23-20(18-13-5-2-6-14-19(18)31-23)22(28)25-15-9-3-1-4-10-15/h7-8,15-17H,1-6,9-14H2,(H,25,28)(H,26,27)(H,29,30). The minimum Gasteiger partial charge on any atom is -0.481 e. The highest BCUT2D eigenvalue weighted by Crippen LogP contribution is 2.39. The van der Waals surface area contributed by atoms with Crippen LogP contribution in [-0.2, 0) is 22.4 Å². The Bertz CT molecular complexity index is 869. The number of carboxylic acids is 1. The molecule has 2 amide bonds. The van der Waals surface area contributed by atoms with Gasteiger partial charge in [-0.25, -0.2) is 0 Å². The molecule has 1 saturated carbocycles. The number of hydrogen-bond acceptors (Lipinski definition) is 4. The number of carboxylic acid groups (broad SMARTS) is 1. The van der Waals surface area contributed by atoms with E-state index in [0.717, 1.165) is 63.4 Å². The van der Waals surface area contributed by atoms with E-state index in [0.29, 0.717) is 23.4 Å². The van der Waals surface area contributed by atoms with E-state index in [1.54, 1.807) is 0 Å². The molecule has 0 aliphatic heterocycles. The van der Waals surface area contributed by atoms with E-state index in [1.807, 2.05) is 12.2 Å². The van der Waals surface area contributed by atoms with Crippen molar-refractivity contribution in [2.24, 2.45) is 11.8 Å². The van der Waals surface area contributed by atoms with Crippen molar-refractivity contribution in [1.29, 1.82) is 0 Å². The van der Waals surface area contributed by atoms with Gasteiger partial charge in [0.25, 0.3) is 5.91 Å². The van der Waals surface area contributed by atoms with Crippen molar-refractivity contribution in [2.45, 2.75) is 83.1 Å². The van der Waals surface area contributed by atoms with E-state index < -0.39 is 17.8 Å². The number of thiophene rings is 1. The summed E-state index contributed by atoms with van der Waals surface area (Å²) in [5, 5.41) is 16.3. The topological polar surface area (TPSA) is 95.5 Å². The summed E-state index contributed by atoms with van der Waals surface area (Å²) in [4.78, 5) is 39.3. The molecule has 0 aromatic carbocycles. The number of carbonyl (C=O) groups is 3. The number of carbonyl (C=O) groups excluding carboxylic acids is 2. The lowest BCUT2D eigenvalue weighted by Crippen LogP contribution is -2.37. The molecule has 0 bridgehead atoms. The molecule has 0 spiro atoms. The third kappa shape index (κ3) is 5.03. The van der Waals surface area contributed by atoms with Gasteiger partial charge in [0, 0.05) is 10.9 Å². The molecule has 4 rings (SSSR count). The molecule has 1 heterocycles.